The van der Waals surface area contributed by atoms with Crippen molar-refractivity contribution >= 4 is 5.91 Å². The van der Waals surface area contributed by atoms with Crippen molar-refractivity contribution in [3.63, 3.8) is 0 Å². The fraction of sp³-hybridized carbons (Fsp3) is 0.417. The lowest BCUT2D eigenvalue weighted by Crippen LogP contribution is -2.14. The number of hydrogen-bond donors (Lipinski definition) is 1. The predicted octanol–water partition coefficient (Wildman–Crippen LogP) is 2.35. The lowest BCUT2D eigenvalue weighted by molar-refractivity contribution is 0.0999. The van der Waals surface area contributed by atoms with Crippen LogP contribution < -0.4 is 5.73 Å². The average molecular weight is 191 g/mol. The molecule has 76 valence electrons. The van der Waals surface area contributed by atoms with Crippen molar-refractivity contribution in [1.82, 2.24) is 0 Å². The van der Waals surface area contributed by atoms with Crippen LogP contribution in [-0.4, -0.2) is 5.91 Å². The van der Waals surface area contributed by atoms with Crippen LogP contribution in [0, 0.1) is 13.8 Å². The molecule has 0 saturated heterocycles. The smallest absolute Gasteiger partial charge is 0.248 e. The molecule has 0 fully saturated rings. The quantitative estimate of drug-likeness (QED) is 0.783. The highest BCUT2D eigenvalue weighted by molar-refractivity contribution is 5.94. The summed E-state index contributed by atoms with van der Waals surface area (Å²) in [7, 11) is 0. The van der Waals surface area contributed by atoms with E-state index < -0.39 is 0 Å². The summed E-state index contributed by atoms with van der Waals surface area (Å²) in [6.45, 7) is 6.18. The maximum Gasteiger partial charge on any atom is 0.248 e. The third-order valence-electron chi connectivity index (χ3n) is 2.60. The molecule has 1 rings (SSSR count). The van der Waals surface area contributed by atoms with E-state index in [2.05, 4.69) is 13.8 Å². The Bertz CT molecular complexity index is 356. The van der Waals surface area contributed by atoms with E-state index in [0.717, 1.165) is 18.4 Å². The highest BCUT2D eigenvalue weighted by atomic mass is 16.1. The van der Waals surface area contributed by atoms with E-state index in [4.69, 9.17) is 5.73 Å². The largest absolute Gasteiger partial charge is 0.366 e. The number of amides is 1. The van der Waals surface area contributed by atoms with Crippen LogP contribution in [0.1, 0.15) is 40.4 Å². The minimum Gasteiger partial charge on any atom is -0.366 e. The molecule has 1 aromatic rings. The van der Waals surface area contributed by atoms with Gasteiger partial charge in [0.1, 0.15) is 0 Å². The van der Waals surface area contributed by atoms with Gasteiger partial charge in [-0.3, -0.25) is 4.79 Å². The molecule has 2 heteroatoms. The summed E-state index contributed by atoms with van der Waals surface area (Å²) < 4.78 is 0. The predicted molar refractivity (Wildman–Crippen MR) is 58.4 cm³/mol. The van der Waals surface area contributed by atoms with Gasteiger partial charge >= 0.3 is 0 Å². The van der Waals surface area contributed by atoms with Gasteiger partial charge in [0.05, 0.1) is 0 Å². The van der Waals surface area contributed by atoms with Crippen LogP contribution in [0.5, 0.6) is 0 Å². The number of nitrogens with two attached hydrogens (primary N) is 1. The molecule has 14 heavy (non-hydrogen) atoms. The highest BCUT2D eigenvalue weighted by Gasteiger charge is 2.09. The van der Waals surface area contributed by atoms with E-state index in [0.29, 0.717) is 5.56 Å². The number of rotatable bonds is 3. The minimum atomic E-state index is -0.333. The van der Waals surface area contributed by atoms with Gasteiger partial charge in [-0.1, -0.05) is 19.4 Å². The van der Waals surface area contributed by atoms with E-state index in [1.807, 2.05) is 19.1 Å². The van der Waals surface area contributed by atoms with Crippen LogP contribution >= 0.6 is 0 Å². The van der Waals surface area contributed by atoms with E-state index in [1.165, 1.54) is 11.1 Å². The zero-order chi connectivity index (χ0) is 10.7. The molecule has 0 saturated carbocycles. The number of carbonyl (C=O) groups is 1. The monoisotopic (exact) mass is 191 g/mol. The summed E-state index contributed by atoms with van der Waals surface area (Å²) in [4.78, 5) is 11.1. The first kappa shape index (κ1) is 10.8. The first-order chi connectivity index (χ1) is 6.57. The molecule has 1 aromatic carbocycles. The van der Waals surface area contributed by atoms with Crippen molar-refractivity contribution in [3.05, 3.63) is 34.4 Å². The average Bonchev–Trinajstić information content (AvgIpc) is 2.11. The van der Waals surface area contributed by atoms with Gasteiger partial charge in [-0.2, -0.15) is 0 Å². The summed E-state index contributed by atoms with van der Waals surface area (Å²) in [6.07, 6.45) is 2.10. The molecule has 0 heterocycles. The lowest BCUT2D eigenvalue weighted by Gasteiger charge is -2.11. The molecule has 2 N–H and O–H groups in total. The fourth-order valence-electron chi connectivity index (χ4n) is 1.79. The normalized spacial score (nSPS) is 10.2. The van der Waals surface area contributed by atoms with Crippen molar-refractivity contribution in [2.24, 2.45) is 5.73 Å². The van der Waals surface area contributed by atoms with Crippen molar-refractivity contribution in [3.8, 4) is 0 Å². The number of aryl methyl sites for hydroxylation is 1. The molecule has 2 nitrogen and oxygen atoms in total. The summed E-state index contributed by atoms with van der Waals surface area (Å²) in [5.41, 5.74) is 9.50. The van der Waals surface area contributed by atoms with Gasteiger partial charge in [0.15, 0.2) is 0 Å². The second-order valence-corrected chi connectivity index (χ2v) is 3.65. The van der Waals surface area contributed by atoms with Gasteiger partial charge in [0, 0.05) is 5.56 Å². The number of carbonyl (C=O) groups excluding carboxylic acids is 1. The van der Waals surface area contributed by atoms with E-state index in [1.54, 1.807) is 0 Å². The molecule has 0 aromatic heterocycles. The molecular formula is C12H17NO. The maximum absolute atomic E-state index is 11.1. The number of benzene rings is 1. The molecule has 1 amide bonds. The van der Waals surface area contributed by atoms with Crippen molar-refractivity contribution in [1.29, 1.82) is 0 Å². The van der Waals surface area contributed by atoms with Crippen molar-refractivity contribution < 1.29 is 4.79 Å². The van der Waals surface area contributed by atoms with Crippen molar-refractivity contribution in [2.75, 3.05) is 0 Å². The van der Waals surface area contributed by atoms with Gasteiger partial charge in [-0.25, -0.2) is 0 Å². The topological polar surface area (TPSA) is 43.1 Å². The highest BCUT2D eigenvalue weighted by Crippen LogP contribution is 2.19. The van der Waals surface area contributed by atoms with E-state index >= 15 is 0 Å². The first-order valence-corrected chi connectivity index (χ1v) is 4.96. The molecule has 0 atom stereocenters. The Morgan fingerprint density at radius 3 is 2.50 bits per heavy atom. The zero-order valence-electron chi connectivity index (χ0n) is 9.05. The Morgan fingerprint density at radius 2 is 2.00 bits per heavy atom. The molecular weight excluding hydrogens is 174 g/mol. The van der Waals surface area contributed by atoms with Gasteiger partial charge in [0.2, 0.25) is 5.91 Å². The second-order valence-electron chi connectivity index (χ2n) is 3.65. The maximum atomic E-state index is 11.1. The van der Waals surface area contributed by atoms with Crippen LogP contribution in [0.3, 0.4) is 0 Å². The van der Waals surface area contributed by atoms with Gasteiger partial charge in [0.25, 0.3) is 0 Å². The molecule has 0 aliphatic rings. The number of primary amides is 1. The SMILES string of the molecule is CCCc1c(C)ccc(C(N)=O)c1C. The summed E-state index contributed by atoms with van der Waals surface area (Å²) >= 11 is 0. The Morgan fingerprint density at radius 1 is 1.36 bits per heavy atom. The lowest BCUT2D eigenvalue weighted by atomic mass is 9.94. The third-order valence-corrected chi connectivity index (χ3v) is 2.60. The van der Waals surface area contributed by atoms with Crippen LogP contribution in [0.2, 0.25) is 0 Å². The summed E-state index contributed by atoms with van der Waals surface area (Å²) in [5, 5.41) is 0. The van der Waals surface area contributed by atoms with Crippen LogP contribution in [0.25, 0.3) is 0 Å². The summed E-state index contributed by atoms with van der Waals surface area (Å²) in [6, 6.07) is 3.78. The Balaban J connectivity index is 3.26. The Hall–Kier alpha value is -1.31. The van der Waals surface area contributed by atoms with E-state index in [-0.39, 0.29) is 5.91 Å². The molecule has 0 aliphatic carbocycles. The van der Waals surface area contributed by atoms with Crippen LogP contribution in [-0.2, 0) is 6.42 Å². The molecule has 0 unspecified atom stereocenters. The second kappa shape index (κ2) is 4.27. The van der Waals surface area contributed by atoms with Crippen LogP contribution in [0.4, 0.5) is 0 Å². The minimum absolute atomic E-state index is 0.333. The third kappa shape index (κ3) is 1.95. The molecule has 0 aliphatic heterocycles. The standard InChI is InChI=1S/C12H17NO/c1-4-5-10-8(2)6-7-11(9(10)3)12(13)14/h6-7H,4-5H2,1-3H3,(H2,13,14). The van der Waals surface area contributed by atoms with Crippen LogP contribution in [0.15, 0.2) is 12.1 Å². The first-order valence-electron chi connectivity index (χ1n) is 4.96. The number of hydrogen-bond acceptors (Lipinski definition) is 1. The van der Waals surface area contributed by atoms with Gasteiger partial charge in [-0.05, 0) is 43.0 Å². The zero-order valence-corrected chi connectivity index (χ0v) is 9.05. The van der Waals surface area contributed by atoms with E-state index in [9.17, 15) is 4.79 Å². The van der Waals surface area contributed by atoms with Gasteiger partial charge in [-0.15, -0.1) is 0 Å². The fourth-order valence-corrected chi connectivity index (χ4v) is 1.79. The Labute approximate surface area is 85.1 Å². The molecule has 0 radical (unpaired) electrons. The summed E-state index contributed by atoms with van der Waals surface area (Å²) in [5.74, 6) is -0.333. The molecule has 0 spiro atoms. The Kier molecular flexibility index (Phi) is 3.28. The van der Waals surface area contributed by atoms with Gasteiger partial charge < -0.3 is 5.73 Å². The van der Waals surface area contributed by atoms with Crippen molar-refractivity contribution in [2.45, 2.75) is 33.6 Å². The molecule has 0 bridgehead atoms.